The van der Waals surface area contributed by atoms with Gasteiger partial charge in [-0.3, -0.25) is 14.6 Å². The minimum absolute atomic E-state index is 0.164. The number of rotatable bonds is 7. The number of carbonyl (C=O) groups excluding carboxylic acids is 2. The summed E-state index contributed by atoms with van der Waals surface area (Å²) in [5.41, 5.74) is 3.47. The Labute approximate surface area is 201 Å². The van der Waals surface area contributed by atoms with Crippen molar-refractivity contribution in [1.29, 1.82) is 0 Å². The van der Waals surface area contributed by atoms with Crippen LogP contribution in [0.5, 0.6) is 0 Å². The van der Waals surface area contributed by atoms with Crippen LogP contribution in [0.3, 0.4) is 0 Å². The highest BCUT2D eigenvalue weighted by atomic mass is 127. The predicted octanol–water partition coefficient (Wildman–Crippen LogP) is 4.30. The molecule has 3 amide bonds. The van der Waals surface area contributed by atoms with Gasteiger partial charge in [0.2, 0.25) is 0 Å². The van der Waals surface area contributed by atoms with Gasteiger partial charge < -0.3 is 10.1 Å². The fourth-order valence-electron chi connectivity index (χ4n) is 4.04. The zero-order valence-corrected chi connectivity index (χ0v) is 20.3. The van der Waals surface area contributed by atoms with Crippen molar-refractivity contribution in [2.75, 3.05) is 13.2 Å². The van der Waals surface area contributed by atoms with Gasteiger partial charge in [-0.25, -0.2) is 9.18 Å². The molecule has 8 heteroatoms. The van der Waals surface area contributed by atoms with E-state index in [0.717, 1.165) is 29.7 Å². The molecule has 2 aromatic rings. The Morgan fingerprint density at radius 1 is 1.16 bits per heavy atom. The molecule has 170 valence electrons. The normalized spacial score (nSPS) is 21.3. The molecule has 0 radical (unpaired) electrons. The summed E-state index contributed by atoms with van der Waals surface area (Å²) in [4.78, 5) is 28.0. The monoisotopic (exact) mass is 551 g/mol. The lowest BCUT2D eigenvalue weighted by atomic mass is 10.0. The van der Waals surface area contributed by atoms with Crippen molar-refractivity contribution < 1.29 is 18.7 Å². The van der Waals surface area contributed by atoms with Gasteiger partial charge >= 0.3 is 6.03 Å². The van der Waals surface area contributed by atoms with Gasteiger partial charge in [0.05, 0.1) is 6.61 Å². The molecule has 2 unspecified atom stereocenters. The molecule has 2 atom stereocenters. The van der Waals surface area contributed by atoms with Gasteiger partial charge in [0.1, 0.15) is 5.82 Å². The molecule has 2 heterocycles. The Morgan fingerprint density at radius 3 is 2.50 bits per heavy atom. The van der Waals surface area contributed by atoms with E-state index < -0.39 is 4.05 Å². The summed E-state index contributed by atoms with van der Waals surface area (Å²) in [7, 11) is 0. The summed E-state index contributed by atoms with van der Waals surface area (Å²) < 4.78 is 19.2. The standard InChI is InChI=1S/C24H27FIN3O3/c1-15(2)29-23(30)22(26)28(24(29)31)13-16-3-5-17(6-4-16)18-7-8-21(25)19(11-18)12-27-20-9-10-32-14-20/h3-8,11,15,20,22,27H,9-10,12-14H2,1-2H3. The van der Waals surface area contributed by atoms with Crippen molar-refractivity contribution >= 4 is 34.5 Å². The summed E-state index contributed by atoms with van der Waals surface area (Å²) in [6.45, 7) is 5.92. The zero-order chi connectivity index (χ0) is 22.8. The molecule has 0 aliphatic carbocycles. The van der Waals surface area contributed by atoms with Gasteiger partial charge in [0, 0.05) is 37.3 Å². The SMILES string of the molecule is CC(C)N1C(=O)C(I)N(Cc2ccc(-c3ccc(F)c(CNC4CCOC4)c3)cc2)C1=O. The number of alkyl halides is 1. The number of halogens is 2. The van der Waals surface area contributed by atoms with Crippen molar-refractivity contribution in [3.63, 3.8) is 0 Å². The van der Waals surface area contributed by atoms with Crippen LogP contribution in [0.25, 0.3) is 11.1 Å². The second-order valence-corrected chi connectivity index (χ2v) is 9.67. The Morgan fingerprint density at radius 2 is 1.88 bits per heavy atom. The number of benzene rings is 2. The molecule has 2 aliphatic rings. The second-order valence-electron chi connectivity index (χ2n) is 8.49. The van der Waals surface area contributed by atoms with Gasteiger partial charge in [0.15, 0.2) is 4.05 Å². The number of imide groups is 1. The summed E-state index contributed by atoms with van der Waals surface area (Å²) in [5.74, 6) is -0.393. The number of ether oxygens (including phenoxy) is 1. The van der Waals surface area contributed by atoms with Crippen LogP contribution in [0.1, 0.15) is 31.4 Å². The molecule has 2 fully saturated rings. The smallest absolute Gasteiger partial charge is 0.328 e. The molecular weight excluding hydrogens is 524 g/mol. The quantitative estimate of drug-likeness (QED) is 0.241. The minimum Gasteiger partial charge on any atom is -0.380 e. The lowest BCUT2D eigenvalue weighted by Crippen LogP contribution is -2.37. The highest BCUT2D eigenvalue weighted by molar-refractivity contribution is 14.1. The topological polar surface area (TPSA) is 61.9 Å². The van der Waals surface area contributed by atoms with E-state index in [1.807, 2.05) is 66.8 Å². The van der Waals surface area contributed by atoms with E-state index in [1.165, 1.54) is 11.0 Å². The van der Waals surface area contributed by atoms with Gasteiger partial charge in [-0.05, 0) is 71.7 Å². The summed E-state index contributed by atoms with van der Waals surface area (Å²) in [6, 6.07) is 12.8. The first-order chi connectivity index (χ1) is 15.3. The van der Waals surface area contributed by atoms with Gasteiger partial charge in [-0.2, -0.15) is 0 Å². The minimum atomic E-state index is -0.500. The number of nitrogens with one attached hydrogen (secondary N) is 1. The van der Waals surface area contributed by atoms with Crippen molar-refractivity contribution in [1.82, 2.24) is 15.1 Å². The van der Waals surface area contributed by atoms with E-state index in [-0.39, 0.29) is 29.8 Å². The van der Waals surface area contributed by atoms with Crippen LogP contribution in [0.15, 0.2) is 42.5 Å². The average Bonchev–Trinajstić information content (AvgIpc) is 3.36. The number of urea groups is 1. The molecule has 0 bridgehead atoms. The Balaban J connectivity index is 1.45. The van der Waals surface area contributed by atoms with Crippen LogP contribution in [-0.2, 0) is 22.6 Å². The van der Waals surface area contributed by atoms with Crippen LogP contribution in [0.2, 0.25) is 0 Å². The molecule has 0 spiro atoms. The van der Waals surface area contributed by atoms with Crippen LogP contribution in [-0.4, -0.2) is 51.1 Å². The molecule has 4 rings (SSSR count). The first-order valence-corrected chi connectivity index (χ1v) is 12.1. The number of amides is 3. The maximum absolute atomic E-state index is 14.3. The number of carbonyl (C=O) groups is 2. The van der Waals surface area contributed by atoms with Crippen LogP contribution >= 0.6 is 22.6 Å². The van der Waals surface area contributed by atoms with Gasteiger partial charge in [-0.15, -0.1) is 0 Å². The van der Waals surface area contributed by atoms with Crippen LogP contribution < -0.4 is 5.32 Å². The third kappa shape index (κ3) is 4.82. The molecular formula is C24H27FIN3O3. The highest BCUT2D eigenvalue weighted by Crippen LogP contribution is 2.28. The van der Waals surface area contributed by atoms with Crippen molar-refractivity contribution in [2.24, 2.45) is 0 Å². The summed E-state index contributed by atoms with van der Waals surface area (Å²) in [6.07, 6.45) is 0.945. The van der Waals surface area contributed by atoms with Gasteiger partial charge in [0.25, 0.3) is 5.91 Å². The van der Waals surface area contributed by atoms with Gasteiger partial charge in [-0.1, -0.05) is 30.3 Å². The third-order valence-corrected chi connectivity index (χ3v) is 7.09. The number of hydrogen-bond acceptors (Lipinski definition) is 4. The Kier molecular flexibility index (Phi) is 7.11. The fraction of sp³-hybridized carbons (Fsp3) is 0.417. The molecule has 0 saturated carbocycles. The Hall–Kier alpha value is -2.04. The fourth-order valence-corrected chi connectivity index (χ4v) is 4.78. The van der Waals surface area contributed by atoms with Crippen molar-refractivity contribution in [3.05, 3.63) is 59.4 Å². The van der Waals surface area contributed by atoms with Crippen molar-refractivity contribution in [2.45, 2.75) is 49.5 Å². The van der Waals surface area contributed by atoms with E-state index in [9.17, 15) is 14.0 Å². The predicted molar refractivity (Wildman–Crippen MR) is 129 cm³/mol. The van der Waals surface area contributed by atoms with E-state index in [0.29, 0.717) is 25.3 Å². The first-order valence-electron chi connectivity index (χ1n) is 10.8. The van der Waals surface area contributed by atoms with E-state index in [4.69, 9.17) is 4.74 Å². The molecule has 6 nitrogen and oxygen atoms in total. The average molecular weight is 551 g/mol. The number of hydrogen-bond donors (Lipinski definition) is 1. The second kappa shape index (κ2) is 9.84. The Bertz CT molecular complexity index is 992. The first kappa shape index (κ1) is 23.1. The highest BCUT2D eigenvalue weighted by Gasteiger charge is 2.44. The number of nitrogens with zero attached hydrogens (tertiary/aromatic N) is 2. The van der Waals surface area contributed by atoms with E-state index >= 15 is 0 Å². The zero-order valence-electron chi connectivity index (χ0n) is 18.2. The van der Waals surface area contributed by atoms with E-state index in [1.54, 1.807) is 11.0 Å². The lowest BCUT2D eigenvalue weighted by molar-refractivity contribution is -0.126. The summed E-state index contributed by atoms with van der Waals surface area (Å²) in [5, 5.41) is 3.36. The van der Waals surface area contributed by atoms with Crippen LogP contribution in [0, 0.1) is 5.82 Å². The molecule has 2 saturated heterocycles. The summed E-state index contributed by atoms with van der Waals surface area (Å²) >= 11 is 2.02. The molecule has 1 N–H and O–H groups in total. The van der Waals surface area contributed by atoms with Crippen LogP contribution in [0.4, 0.5) is 9.18 Å². The largest absolute Gasteiger partial charge is 0.380 e. The molecule has 32 heavy (non-hydrogen) atoms. The third-order valence-electron chi connectivity index (χ3n) is 5.88. The molecule has 0 aromatic heterocycles. The molecule has 2 aromatic carbocycles. The van der Waals surface area contributed by atoms with Crippen molar-refractivity contribution in [3.8, 4) is 11.1 Å². The molecule has 2 aliphatic heterocycles. The van der Waals surface area contributed by atoms with E-state index in [2.05, 4.69) is 5.32 Å². The maximum atomic E-state index is 14.3. The maximum Gasteiger partial charge on any atom is 0.328 e. The lowest BCUT2D eigenvalue weighted by Gasteiger charge is -2.20.